The van der Waals surface area contributed by atoms with Crippen molar-refractivity contribution in [1.29, 1.82) is 0 Å². The van der Waals surface area contributed by atoms with Crippen LogP contribution in [0.2, 0.25) is 0 Å². The van der Waals surface area contributed by atoms with Crippen molar-refractivity contribution < 1.29 is 23.0 Å². The van der Waals surface area contributed by atoms with Crippen molar-refractivity contribution in [2.45, 2.75) is 38.4 Å². The summed E-state index contributed by atoms with van der Waals surface area (Å²) in [5.74, 6) is 1.24. The van der Waals surface area contributed by atoms with Gasteiger partial charge in [0.15, 0.2) is 11.5 Å². The number of para-hydroxylation sites is 2. The largest absolute Gasteiger partial charge is 0.493 e. The van der Waals surface area contributed by atoms with Gasteiger partial charge in [0.1, 0.15) is 11.6 Å². The first-order chi connectivity index (χ1) is 20.9. The Bertz CT molecular complexity index is 1360. The van der Waals surface area contributed by atoms with E-state index in [-0.39, 0.29) is 23.5 Å². The molecule has 5 rings (SSSR count). The van der Waals surface area contributed by atoms with Crippen LogP contribution in [0.5, 0.6) is 11.5 Å². The third kappa shape index (κ3) is 7.83. The average Bonchev–Trinajstić information content (AvgIpc) is 3.03. The van der Waals surface area contributed by atoms with Crippen LogP contribution in [0.25, 0.3) is 0 Å². The van der Waals surface area contributed by atoms with Crippen LogP contribution in [0, 0.1) is 17.6 Å². The summed E-state index contributed by atoms with van der Waals surface area (Å²) in [6.45, 7) is 6.07. The van der Waals surface area contributed by atoms with Gasteiger partial charge in [-0.1, -0.05) is 36.4 Å². The number of hydrogen-bond donors (Lipinski definition) is 1. The summed E-state index contributed by atoms with van der Waals surface area (Å²) >= 11 is 0. The molecular formula is C34H42F2N4O3. The molecule has 3 aromatic rings. The highest BCUT2D eigenvalue weighted by atomic mass is 19.1. The lowest BCUT2D eigenvalue weighted by molar-refractivity contribution is -0.121. The SMILES string of the molecule is COc1cccc(CN2CC[C@H](N3CCN(c4ccccc4F)CC3)[C@H](CCC(=O)NCc3cccc(F)c3)C2)c1OC. The molecule has 0 spiro atoms. The number of anilines is 1. The van der Waals surface area contributed by atoms with Gasteiger partial charge in [0.2, 0.25) is 5.91 Å². The number of benzene rings is 3. The molecule has 2 fully saturated rings. The molecule has 2 saturated heterocycles. The second kappa shape index (κ2) is 14.7. The van der Waals surface area contributed by atoms with Crippen molar-refractivity contribution >= 4 is 11.6 Å². The van der Waals surface area contributed by atoms with Gasteiger partial charge in [-0.2, -0.15) is 0 Å². The highest BCUT2D eigenvalue weighted by Crippen LogP contribution is 2.34. The van der Waals surface area contributed by atoms with Crippen LogP contribution in [0.3, 0.4) is 0 Å². The summed E-state index contributed by atoms with van der Waals surface area (Å²) in [5.41, 5.74) is 2.48. The normalized spacial score (nSPS) is 19.7. The number of hydrogen-bond acceptors (Lipinski definition) is 6. The molecule has 2 atom stereocenters. The summed E-state index contributed by atoms with van der Waals surface area (Å²) in [4.78, 5) is 20.0. The number of halogens is 2. The maximum absolute atomic E-state index is 14.4. The Morgan fingerprint density at radius 2 is 1.72 bits per heavy atom. The second-order valence-electron chi connectivity index (χ2n) is 11.4. The zero-order valence-electron chi connectivity index (χ0n) is 25.1. The summed E-state index contributed by atoms with van der Waals surface area (Å²) in [5, 5.41) is 2.96. The molecule has 1 amide bonds. The average molecular weight is 593 g/mol. The van der Waals surface area contributed by atoms with Crippen molar-refractivity contribution in [2.24, 2.45) is 5.92 Å². The summed E-state index contributed by atoms with van der Waals surface area (Å²) in [6.07, 6.45) is 2.14. The van der Waals surface area contributed by atoms with E-state index in [4.69, 9.17) is 9.47 Å². The van der Waals surface area contributed by atoms with E-state index in [9.17, 15) is 13.6 Å². The molecule has 0 radical (unpaired) electrons. The topological polar surface area (TPSA) is 57.3 Å². The fourth-order valence-corrected chi connectivity index (χ4v) is 6.58. The third-order valence-electron chi connectivity index (χ3n) is 8.75. The highest BCUT2D eigenvalue weighted by Gasteiger charge is 2.35. The fraction of sp³-hybridized carbons (Fsp3) is 0.441. The Kier molecular flexibility index (Phi) is 10.5. The van der Waals surface area contributed by atoms with E-state index >= 15 is 0 Å². The number of carbonyl (C=O) groups is 1. The number of amides is 1. The first-order valence-electron chi connectivity index (χ1n) is 15.1. The van der Waals surface area contributed by atoms with Crippen molar-refractivity contribution in [2.75, 3.05) is 58.4 Å². The smallest absolute Gasteiger partial charge is 0.220 e. The number of piperidine rings is 1. The standard InChI is InChI=1S/C34H42F2N4O3/c1-42-32-12-6-8-27(34(32)43-2)24-38-16-15-30(39-17-19-40(20-18-39)31-11-4-3-10-29(31)36)26(23-38)13-14-33(41)37-22-25-7-5-9-28(35)21-25/h3-12,21,26,30H,13-20,22-24H2,1-2H3,(H,37,41)/t26-,30+/m1/s1. The van der Waals surface area contributed by atoms with Gasteiger partial charge >= 0.3 is 0 Å². The van der Waals surface area contributed by atoms with Gasteiger partial charge in [0.05, 0.1) is 19.9 Å². The van der Waals surface area contributed by atoms with E-state index in [1.165, 1.54) is 18.2 Å². The lowest BCUT2D eigenvalue weighted by Gasteiger charge is -2.47. The molecule has 0 aliphatic carbocycles. The Labute approximate surface area is 253 Å². The fourth-order valence-electron chi connectivity index (χ4n) is 6.58. The number of likely N-dealkylation sites (tertiary alicyclic amines) is 1. The van der Waals surface area contributed by atoms with Crippen molar-refractivity contribution in [3.05, 3.63) is 89.5 Å². The summed E-state index contributed by atoms with van der Waals surface area (Å²) < 4.78 is 39.2. The molecule has 3 aromatic carbocycles. The molecule has 230 valence electrons. The molecule has 2 aliphatic rings. The van der Waals surface area contributed by atoms with Gasteiger partial charge in [-0.25, -0.2) is 8.78 Å². The predicted molar refractivity (Wildman–Crippen MR) is 164 cm³/mol. The number of piperazine rings is 1. The van der Waals surface area contributed by atoms with Crippen LogP contribution in [0.1, 0.15) is 30.4 Å². The van der Waals surface area contributed by atoms with Gasteiger partial charge in [0.25, 0.3) is 0 Å². The third-order valence-corrected chi connectivity index (χ3v) is 8.75. The molecule has 0 unspecified atom stereocenters. The zero-order valence-corrected chi connectivity index (χ0v) is 25.1. The lowest BCUT2D eigenvalue weighted by atomic mass is 9.86. The Morgan fingerprint density at radius 3 is 2.47 bits per heavy atom. The van der Waals surface area contributed by atoms with E-state index in [0.29, 0.717) is 30.4 Å². The number of carbonyl (C=O) groups excluding carboxylic acids is 1. The van der Waals surface area contributed by atoms with Crippen LogP contribution >= 0.6 is 0 Å². The number of ether oxygens (including phenoxy) is 2. The van der Waals surface area contributed by atoms with Crippen molar-refractivity contribution in [3.8, 4) is 11.5 Å². The first-order valence-corrected chi connectivity index (χ1v) is 15.1. The maximum atomic E-state index is 14.4. The minimum atomic E-state index is -0.306. The number of methoxy groups -OCH3 is 2. The van der Waals surface area contributed by atoms with E-state index in [2.05, 4.69) is 26.1 Å². The number of nitrogens with one attached hydrogen (secondary N) is 1. The van der Waals surface area contributed by atoms with Gasteiger partial charge in [-0.15, -0.1) is 0 Å². The Morgan fingerprint density at radius 1 is 0.930 bits per heavy atom. The molecule has 0 bridgehead atoms. The molecule has 43 heavy (non-hydrogen) atoms. The summed E-state index contributed by atoms with van der Waals surface area (Å²) in [6, 6.07) is 19.6. The molecular weight excluding hydrogens is 550 g/mol. The lowest BCUT2D eigenvalue weighted by Crippen LogP contribution is -2.56. The molecule has 2 heterocycles. The van der Waals surface area contributed by atoms with E-state index < -0.39 is 0 Å². The molecule has 0 saturated carbocycles. The van der Waals surface area contributed by atoms with Crippen LogP contribution in [-0.4, -0.2) is 75.2 Å². The number of rotatable bonds is 11. The Balaban J connectivity index is 1.24. The van der Waals surface area contributed by atoms with E-state index in [0.717, 1.165) is 75.5 Å². The molecule has 1 N–H and O–H groups in total. The van der Waals surface area contributed by atoms with Gasteiger partial charge in [-0.05, 0) is 61.2 Å². The predicted octanol–water partition coefficient (Wildman–Crippen LogP) is 5.09. The van der Waals surface area contributed by atoms with E-state index in [1.54, 1.807) is 26.4 Å². The van der Waals surface area contributed by atoms with Crippen LogP contribution in [-0.2, 0) is 17.9 Å². The van der Waals surface area contributed by atoms with Crippen LogP contribution in [0.4, 0.5) is 14.5 Å². The van der Waals surface area contributed by atoms with Crippen molar-refractivity contribution in [1.82, 2.24) is 15.1 Å². The minimum absolute atomic E-state index is 0.0287. The van der Waals surface area contributed by atoms with Gasteiger partial charge < -0.3 is 19.7 Å². The molecule has 2 aliphatic heterocycles. The van der Waals surface area contributed by atoms with Crippen LogP contribution < -0.4 is 19.7 Å². The highest BCUT2D eigenvalue weighted by molar-refractivity contribution is 5.75. The molecule has 0 aromatic heterocycles. The number of nitrogens with zero attached hydrogens (tertiary/aromatic N) is 3. The second-order valence-corrected chi connectivity index (χ2v) is 11.4. The van der Waals surface area contributed by atoms with E-state index in [1.807, 2.05) is 30.3 Å². The zero-order chi connectivity index (χ0) is 30.2. The minimum Gasteiger partial charge on any atom is -0.493 e. The molecule has 9 heteroatoms. The molecule has 7 nitrogen and oxygen atoms in total. The monoisotopic (exact) mass is 592 g/mol. The first kappa shape index (κ1) is 30.8. The van der Waals surface area contributed by atoms with Gasteiger partial charge in [0, 0.05) is 63.8 Å². The quantitative estimate of drug-likeness (QED) is 0.335. The summed E-state index contributed by atoms with van der Waals surface area (Å²) in [7, 11) is 3.31. The maximum Gasteiger partial charge on any atom is 0.220 e. The van der Waals surface area contributed by atoms with Crippen LogP contribution in [0.15, 0.2) is 66.7 Å². The van der Waals surface area contributed by atoms with Gasteiger partial charge in [-0.3, -0.25) is 14.6 Å². The van der Waals surface area contributed by atoms with Crippen molar-refractivity contribution in [3.63, 3.8) is 0 Å². The Hall–Kier alpha value is -3.69.